The minimum Gasteiger partial charge on any atom is -0.420 e. The summed E-state index contributed by atoms with van der Waals surface area (Å²) in [5, 5.41) is 2.01. The second-order valence-electron chi connectivity index (χ2n) is 3.18. The quantitative estimate of drug-likeness (QED) is 0.484. The zero-order valence-electron chi connectivity index (χ0n) is 7.73. The van der Waals surface area contributed by atoms with Crippen LogP contribution in [0.2, 0.25) is 0 Å². The van der Waals surface area contributed by atoms with Gasteiger partial charge in [-0.05, 0) is 0 Å². The molecule has 82 valence electrons. The van der Waals surface area contributed by atoms with Crippen LogP contribution in [0.25, 0.3) is 0 Å². The minimum absolute atomic E-state index is 0.153. The van der Waals surface area contributed by atoms with Crippen LogP contribution in [0.1, 0.15) is 12.8 Å². The van der Waals surface area contributed by atoms with Crippen LogP contribution in [0.5, 0.6) is 0 Å². The van der Waals surface area contributed by atoms with Crippen molar-refractivity contribution in [3.63, 3.8) is 0 Å². The van der Waals surface area contributed by atoms with Gasteiger partial charge in [0.05, 0.1) is 13.0 Å². The summed E-state index contributed by atoms with van der Waals surface area (Å²) in [6.07, 6.45) is -2.19. The van der Waals surface area contributed by atoms with Crippen LogP contribution < -0.4 is 5.32 Å². The van der Waals surface area contributed by atoms with Gasteiger partial charge in [-0.1, -0.05) is 0 Å². The van der Waals surface area contributed by atoms with Crippen molar-refractivity contribution in [1.82, 2.24) is 5.32 Å². The van der Waals surface area contributed by atoms with Gasteiger partial charge in [0.15, 0.2) is 6.10 Å². The number of imide groups is 1. The molecule has 0 spiro atoms. The summed E-state index contributed by atoms with van der Waals surface area (Å²) in [6.45, 7) is 0.542. The first kappa shape index (κ1) is 9.91. The maximum absolute atomic E-state index is 11.0. The molecule has 2 fully saturated rings. The van der Waals surface area contributed by atoms with Crippen molar-refractivity contribution in [2.24, 2.45) is 0 Å². The summed E-state index contributed by atoms with van der Waals surface area (Å²) in [6, 6.07) is 0. The Bertz CT molecular complexity index is 310. The van der Waals surface area contributed by atoms with Crippen LogP contribution >= 0.6 is 0 Å². The molecule has 0 bridgehead atoms. The highest BCUT2D eigenvalue weighted by Gasteiger charge is 2.35. The van der Waals surface area contributed by atoms with Gasteiger partial charge in [0.25, 0.3) is 5.91 Å². The van der Waals surface area contributed by atoms with Crippen molar-refractivity contribution < 1.29 is 28.6 Å². The SMILES string of the molecule is O=C1CC(OC(=O)OC2CCO2)C(=O)N1. The molecule has 2 saturated heterocycles. The Kier molecular flexibility index (Phi) is 2.55. The second kappa shape index (κ2) is 3.85. The van der Waals surface area contributed by atoms with Crippen LogP contribution in [0.3, 0.4) is 0 Å². The van der Waals surface area contributed by atoms with Crippen LogP contribution in [-0.4, -0.2) is 37.0 Å². The molecule has 7 heteroatoms. The van der Waals surface area contributed by atoms with Crippen LogP contribution in [0.15, 0.2) is 0 Å². The zero-order chi connectivity index (χ0) is 10.8. The number of amides is 2. The van der Waals surface area contributed by atoms with Crippen molar-refractivity contribution in [2.75, 3.05) is 6.61 Å². The van der Waals surface area contributed by atoms with E-state index < -0.39 is 30.4 Å². The second-order valence-corrected chi connectivity index (χ2v) is 3.18. The molecule has 7 nitrogen and oxygen atoms in total. The lowest BCUT2D eigenvalue weighted by molar-refractivity contribution is -0.196. The largest absolute Gasteiger partial charge is 0.511 e. The first-order valence-corrected chi connectivity index (χ1v) is 4.48. The summed E-state index contributed by atoms with van der Waals surface area (Å²) in [4.78, 5) is 32.8. The average molecular weight is 215 g/mol. The topological polar surface area (TPSA) is 90.9 Å². The Morgan fingerprint density at radius 1 is 1.40 bits per heavy atom. The third-order valence-electron chi connectivity index (χ3n) is 2.05. The Morgan fingerprint density at radius 2 is 2.13 bits per heavy atom. The molecule has 2 heterocycles. The molecule has 2 aliphatic rings. The Morgan fingerprint density at radius 3 is 2.60 bits per heavy atom. The fraction of sp³-hybridized carbons (Fsp3) is 0.625. The third-order valence-corrected chi connectivity index (χ3v) is 2.05. The van der Waals surface area contributed by atoms with Gasteiger partial charge in [0.2, 0.25) is 12.2 Å². The number of hydrogen-bond acceptors (Lipinski definition) is 6. The molecule has 2 amide bonds. The molecule has 0 saturated carbocycles. The van der Waals surface area contributed by atoms with Gasteiger partial charge >= 0.3 is 6.16 Å². The molecule has 1 N–H and O–H groups in total. The number of nitrogens with one attached hydrogen (secondary N) is 1. The molecular formula is C8H9NO6. The van der Waals surface area contributed by atoms with Gasteiger partial charge in [-0.15, -0.1) is 0 Å². The number of hydrogen-bond donors (Lipinski definition) is 1. The van der Waals surface area contributed by atoms with E-state index in [1.165, 1.54) is 0 Å². The molecule has 0 radical (unpaired) electrons. The highest BCUT2D eigenvalue weighted by atomic mass is 16.8. The monoisotopic (exact) mass is 215 g/mol. The van der Waals surface area contributed by atoms with E-state index in [0.29, 0.717) is 13.0 Å². The van der Waals surface area contributed by atoms with E-state index in [-0.39, 0.29) is 6.42 Å². The summed E-state index contributed by atoms with van der Waals surface area (Å²) in [5.41, 5.74) is 0. The molecule has 2 aliphatic heterocycles. The Hall–Kier alpha value is -1.63. The standard InChI is InChI=1S/C8H9NO6/c10-5-3-4(7(11)9-5)14-8(12)15-6-1-2-13-6/h4,6H,1-3H2,(H,9,10,11). The summed E-state index contributed by atoms with van der Waals surface area (Å²) < 4.78 is 14.1. The van der Waals surface area contributed by atoms with E-state index in [1.54, 1.807) is 0 Å². The van der Waals surface area contributed by atoms with Crippen molar-refractivity contribution in [3.05, 3.63) is 0 Å². The molecule has 2 unspecified atom stereocenters. The van der Waals surface area contributed by atoms with Gasteiger partial charge < -0.3 is 14.2 Å². The normalized spacial score (nSPS) is 29.3. The summed E-state index contributed by atoms with van der Waals surface area (Å²) >= 11 is 0. The van der Waals surface area contributed by atoms with Crippen LogP contribution in [0, 0.1) is 0 Å². The van der Waals surface area contributed by atoms with Crippen molar-refractivity contribution in [3.8, 4) is 0 Å². The predicted octanol–water partition coefficient (Wildman–Crippen LogP) is -0.699. The number of ether oxygens (including phenoxy) is 3. The lowest BCUT2D eigenvalue weighted by Gasteiger charge is -2.25. The molecular weight excluding hydrogens is 206 g/mol. The van der Waals surface area contributed by atoms with Crippen molar-refractivity contribution in [1.29, 1.82) is 0 Å². The minimum atomic E-state index is -1.08. The molecule has 15 heavy (non-hydrogen) atoms. The lowest BCUT2D eigenvalue weighted by Crippen LogP contribution is -2.35. The van der Waals surface area contributed by atoms with Gasteiger partial charge in [0, 0.05) is 6.42 Å². The van der Waals surface area contributed by atoms with E-state index in [0.717, 1.165) is 0 Å². The van der Waals surface area contributed by atoms with Gasteiger partial charge in [0.1, 0.15) is 0 Å². The highest BCUT2D eigenvalue weighted by Crippen LogP contribution is 2.14. The summed E-state index contributed by atoms with van der Waals surface area (Å²) in [5.74, 6) is -1.08. The number of carbonyl (C=O) groups is 3. The highest BCUT2D eigenvalue weighted by molar-refractivity contribution is 6.05. The Balaban J connectivity index is 1.78. The van der Waals surface area contributed by atoms with E-state index in [1.807, 2.05) is 5.32 Å². The molecule has 0 aliphatic carbocycles. The molecule has 0 aromatic heterocycles. The van der Waals surface area contributed by atoms with Gasteiger partial charge in [-0.3, -0.25) is 14.9 Å². The first-order chi connectivity index (χ1) is 7.15. The molecule has 2 rings (SSSR count). The first-order valence-electron chi connectivity index (χ1n) is 4.48. The Labute approximate surface area is 84.7 Å². The van der Waals surface area contributed by atoms with Crippen molar-refractivity contribution in [2.45, 2.75) is 25.2 Å². The zero-order valence-corrected chi connectivity index (χ0v) is 7.73. The van der Waals surface area contributed by atoms with E-state index in [9.17, 15) is 14.4 Å². The summed E-state index contributed by atoms with van der Waals surface area (Å²) in [7, 11) is 0. The maximum atomic E-state index is 11.0. The third kappa shape index (κ3) is 2.24. The maximum Gasteiger partial charge on any atom is 0.511 e. The fourth-order valence-corrected chi connectivity index (χ4v) is 1.18. The smallest absolute Gasteiger partial charge is 0.420 e. The molecule has 0 aromatic rings. The fourth-order valence-electron chi connectivity index (χ4n) is 1.18. The number of rotatable bonds is 2. The number of carbonyl (C=O) groups excluding carboxylic acids is 3. The lowest BCUT2D eigenvalue weighted by atomic mass is 10.3. The van der Waals surface area contributed by atoms with E-state index in [4.69, 9.17) is 4.74 Å². The van der Waals surface area contributed by atoms with Crippen molar-refractivity contribution >= 4 is 18.0 Å². The van der Waals surface area contributed by atoms with Gasteiger partial charge in [-0.2, -0.15) is 0 Å². The molecule has 2 atom stereocenters. The van der Waals surface area contributed by atoms with Crippen LogP contribution in [0.4, 0.5) is 4.79 Å². The average Bonchev–Trinajstić information content (AvgIpc) is 2.38. The van der Waals surface area contributed by atoms with E-state index >= 15 is 0 Å². The van der Waals surface area contributed by atoms with Gasteiger partial charge in [-0.25, -0.2) is 4.79 Å². The van der Waals surface area contributed by atoms with Crippen LogP contribution in [-0.2, 0) is 23.8 Å². The molecule has 0 aromatic carbocycles. The predicted molar refractivity (Wildman–Crippen MR) is 43.5 cm³/mol. The van der Waals surface area contributed by atoms with E-state index in [2.05, 4.69) is 9.47 Å².